The third-order valence-electron chi connectivity index (χ3n) is 5.52. The monoisotopic (exact) mass is 435 g/mol. The molecule has 1 N–H and O–H groups in total. The van der Waals surface area contributed by atoms with Gasteiger partial charge in [0.2, 0.25) is 0 Å². The zero-order valence-electron chi connectivity index (χ0n) is 18.7. The number of benzene rings is 3. The van der Waals surface area contributed by atoms with E-state index in [9.17, 15) is 10.1 Å². The number of fused-ring (bicyclic) bond motifs is 1. The van der Waals surface area contributed by atoms with E-state index in [1.54, 1.807) is 24.3 Å². The summed E-state index contributed by atoms with van der Waals surface area (Å²) < 4.78 is 7.71. The number of carbonyl (C=O) groups is 1. The molecule has 0 aliphatic rings. The number of anilines is 1. The van der Waals surface area contributed by atoms with Gasteiger partial charge in [0.1, 0.15) is 17.4 Å². The van der Waals surface area contributed by atoms with E-state index in [1.165, 1.54) is 5.56 Å². The van der Waals surface area contributed by atoms with Crippen LogP contribution in [0.25, 0.3) is 17.0 Å². The molecule has 0 spiro atoms. The average molecular weight is 436 g/mol. The average Bonchev–Trinajstić information content (AvgIpc) is 3.09. The Balaban J connectivity index is 1.69. The maximum absolute atomic E-state index is 12.9. The minimum atomic E-state index is -0.453. The van der Waals surface area contributed by atoms with Gasteiger partial charge in [0.05, 0.1) is 6.61 Å². The van der Waals surface area contributed by atoms with E-state index in [-0.39, 0.29) is 5.57 Å². The molecule has 4 aromatic rings. The maximum Gasteiger partial charge on any atom is 0.266 e. The largest absolute Gasteiger partial charge is 0.494 e. The predicted octanol–water partition coefficient (Wildman–Crippen LogP) is 5.94. The van der Waals surface area contributed by atoms with Gasteiger partial charge >= 0.3 is 0 Å². The molecular formula is C28H25N3O2. The van der Waals surface area contributed by atoms with Crippen molar-refractivity contribution in [3.8, 4) is 11.8 Å². The highest BCUT2D eigenvalue weighted by Gasteiger charge is 2.16. The van der Waals surface area contributed by atoms with Crippen molar-refractivity contribution in [1.29, 1.82) is 5.26 Å². The molecule has 0 aliphatic heterocycles. The lowest BCUT2D eigenvalue weighted by Gasteiger charge is -2.09. The molecular weight excluding hydrogens is 410 g/mol. The van der Waals surface area contributed by atoms with Crippen LogP contribution in [-0.4, -0.2) is 17.1 Å². The number of nitrogens with zero attached hydrogens (tertiary/aromatic N) is 2. The van der Waals surface area contributed by atoms with Crippen LogP contribution >= 0.6 is 0 Å². The van der Waals surface area contributed by atoms with Crippen molar-refractivity contribution in [3.05, 3.63) is 101 Å². The van der Waals surface area contributed by atoms with Crippen molar-refractivity contribution < 1.29 is 9.53 Å². The van der Waals surface area contributed by atoms with Gasteiger partial charge in [0, 0.05) is 40.5 Å². The van der Waals surface area contributed by atoms with Crippen LogP contribution in [0.3, 0.4) is 0 Å². The molecule has 0 radical (unpaired) electrons. The number of carbonyl (C=O) groups excluding carboxylic acids is 1. The molecule has 0 bridgehead atoms. The van der Waals surface area contributed by atoms with Crippen LogP contribution in [0.15, 0.2) is 84.4 Å². The molecule has 5 heteroatoms. The van der Waals surface area contributed by atoms with E-state index in [2.05, 4.69) is 34.2 Å². The first-order valence-electron chi connectivity index (χ1n) is 10.9. The predicted molar refractivity (Wildman–Crippen MR) is 132 cm³/mol. The fourth-order valence-corrected chi connectivity index (χ4v) is 3.93. The second-order valence-corrected chi connectivity index (χ2v) is 7.67. The highest BCUT2D eigenvalue weighted by Crippen LogP contribution is 2.29. The molecule has 3 aromatic carbocycles. The SMILES string of the molecule is CCOc1cccc(NC(=O)/C(C#N)=C\c2c(C)n(Cc3ccccc3)c3ccccc23)c1. The first-order valence-corrected chi connectivity index (χ1v) is 10.9. The summed E-state index contributed by atoms with van der Waals surface area (Å²) in [6.45, 7) is 5.16. The van der Waals surface area contributed by atoms with Crippen molar-refractivity contribution in [3.63, 3.8) is 0 Å². The molecule has 0 fully saturated rings. The highest BCUT2D eigenvalue weighted by molar-refractivity contribution is 6.11. The molecule has 1 amide bonds. The molecule has 0 saturated carbocycles. The molecule has 1 heterocycles. The second-order valence-electron chi connectivity index (χ2n) is 7.67. The lowest BCUT2D eigenvalue weighted by Crippen LogP contribution is -2.13. The van der Waals surface area contributed by atoms with Gasteiger partial charge in [-0.2, -0.15) is 5.26 Å². The lowest BCUT2D eigenvalue weighted by molar-refractivity contribution is -0.112. The second kappa shape index (κ2) is 9.88. The number of hydrogen-bond donors (Lipinski definition) is 1. The minimum Gasteiger partial charge on any atom is -0.494 e. The standard InChI is InChI=1S/C28H25N3O2/c1-3-33-24-13-9-12-23(17-24)30-28(32)22(18-29)16-26-20(2)31(19-21-10-5-4-6-11-21)27-15-8-7-14-25(26)27/h4-17H,3,19H2,1-2H3,(H,30,32)/b22-16-. The van der Waals surface area contributed by atoms with Crippen molar-refractivity contribution in [2.75, 3.05) is 11.9 Å². The summed E-state index contributed by atoms with van der Waals surface area (Å²) in [5.74, 6) is 0.211. The maximum atomic E-state index is 12.9. The normalized spacial score (nSPS) is 11.2. The molecule has 0 saturated heterocycles. The number of rotatable bonds is 7. The molecule has 33 heavy (non-hydrogen) atoms. The first kappa shape index (κ1) is 21.9. The van der Waals surface area contributed by atoms with Crippen LogP contribution < -0.4 is 10.1 Å². The number of hydrogen-bond acceptors (Lipinski definition) is 3. The lowest BCUT2D eigenvalue weighted by atomic mass is 10.1. The molecule has 4 rings (SSSR count). The van der Waals surface area contributed by atoms with Crippen LogP contribution in [0.4, 0.5) is 5.69 Å². The van der Waals surface area contributed by atoms with Gasteiger partial charge in [-0.1, -0.05) is 54.6 Å². The van der Waals surface area contributed by atoms with Crippen LogP contribution in [0.2, 0.25) is 0 Å². The van der Waals surface area contributed by atoms with Crippen LogP contribution in [0.5, 0.6) is 5.75 Å². The van der Waals surface area contributed by atoms with Gasteiger partial charge in [0.25, 0.3) is 5.91 Å². The van der Waals surface area contributed by atoms with Gasteiger partial charge in [-0.05, 0) is 43.7 Å². The Bertz CT molecular complexity index is 1360. The number of aromatic nitrogens is 1. The van der Waals surface area contributed by atoms with Crippen molar-refractivity contribution in [2.45, 2.75) is 20.4 Å². The van der Waals surface area contributed by atoms with E-state index >= 15 is 0 Å². The Labute approximate surface area is 193 Å². The fraction of sp³-hybridized carbons (Fsp3) is 0.143. The molecule has 1 aromatic heterocycles. The zero-order chi connectivity index (χ0) is 23.2. The Hall–Kier alpha value is -4.30. The Morgan fingerprint density at radius 2 is 1.82 bits per heavy atom. The van der Waals surface area contributed by atoms with E-state index in [0.717, 1.165) is 22.2 Å². The van der Waals surface area contributed by atoms with Crippen LogP contribution in [0, 0.1) is 18.3 Å². The Morgan fingerprint density at radius 1 is 1.06 bits per heavy atom. The smallest absolute Gasteiger partial charge is 0.266 e. The summed E-state index contributed by atoms with van der Waals surface area (Å²) in [5, 5.41) is 13.6. The van der Waals surface area contributed by atoms with Crippen molar-refractivity contribution in [2.24, 2.45) is 0 Å². The van der Waals surface area contributed by atoms with Crippen LogP contribution in [0.1, 0.15) is 23.7 Å². The number of amides is 1. The summed E-state index contributed by atoms with van der Waals surface area (Å²) in [5.41, 5.74) is 4.74. The van der Waals surface area contributed by atoms with E-state index < -0.39 is 5.91 Å². The fourth-order valence-electron chi connectivity index (χ4n) is 3.93. The zero-order valence-corrected chi connectivity index (χ0v) is 18.7. The van der Waals surface area contributed by atoms with Gasteiger partial charge in [-0.25, -0.2) is 0 Å². The van der Waals surface area contributed by atoms with Gasteiger partial charge in [-0.3, -0.25) is 4.79 Å². The third-order valence-corrected chi connectivity index (χ3v) is 5.52. The molecule has 0 unspecified atom stereocenters. The van der Waals surface area contributed by atoms with E-state index in [4.69, 9.17) is 4.74 Å². The molecule has 0 aliphatic carbocycles. The minimum absolute atomic E-state index is 0.0440. The Kier molecular flexibility index (Phi) is 6.56. The quantitative estimate of drug-likeness (QED) is 0.288. The van der Waals surface area contributed by atoms with Crippen LogP contribution in [-0.2, 0) is 11.3 Å². The van der Waals surface area contributed by atoms with Crippen molar-refractivity contribution >= 4 is 28.6 Å². The van der Waals surface area contributed by atoms with E-state index in [1.807, 2.05) is 56.3 Å². The molecule has 5 nitrogen and oxygen atoms in total. The summed E-state index contributed by atoms with van der Waals surface area (Å²) in [6.07, 6.45) is 1.68. The number of ether oxygens (including phenoxy) is 1. The van der Waals surface area contributed by atoms with Gasteiger partial charge in [0.15, 0.2) is 0 Å². The summed E-state index contributed by atoms with van der Waals surface area (Å²) >= 11 is 0. The molecule has 164 valence electrons. The number of para-hydroxylation sites is 1. The summed E-state index contributed by atoms with van der Waals surface area (Å²) in [4.78, 5) is 12.9. The summed E-state index contributed by atoms with van der Waals surface area (Å²) in [6, 6.07) is 27.5. The summed E-state index contributed by atoms with van der Waals surface area (Å²) in [7, 11) is 0. The highest BCUT2D eigenvalue weighted by atomic mass is 16.5. The number of nitriles is 1. The Morgan fingerprint density at radius 3 is 2.58 bits per heavy atom. The topological polar surface area (TPSA) is 67.0 Å². The number of nitrogens with one attached hydrogen (secondary N) is 1. The van der Waals surface area contributed by atoms with E-state index in [0.29, 0.717) is 24.6 Å². The molecule has 0 atom stereocenters. The van der Waals surface area contributed by atoms with Gasteiger partial charge in [-0.15, -0.1) is 0 Å². The third kappa shape index (κ3) is 4.81. The first-order chi connectivity index (χ1) is 16.1. The van der Waals surface area contributed by atoms with Gasteiger partial charge < -0.3 is 14.6 Å². The van der Waals surface area contributed by atoms with Crippen molar-refractivity contribution in [1.82, 2.24) is 4.57 Å².